The zero-order valence-electron chi connectivity index (χ0n) is 14.1. The summed E-state index contributed by atoms with van der Waals surface area (Å²) in [5.74, 6) is 0. The summed E-state index contributed by atoms with van der Waals surface area (Å²) in [5.41, 5.74) is 1.18. The van der Waals surface area contributed by atoms with E-state index in [-0.39, 0.29) is 0 Å². The average Bonchev–Trinajstić information content (AvgIpc) is 3.04. The Morgan fingerprint density at radius 2 is 1.76 bits per heavy atom. The lowest BCUT2D eigenvalue weighted by Gasteiger charge is -2.36. The van der Waals surface area contributed by atoms with E-state index in [1.54, 1.807) is 6.07 Å². The summed E-state index contributed by atoms with van der Waals surface area (Å²) < 4.78 is 27.5. The minimum atomic E-state index is -3.38. The third-order valence-corrected chi connectivity index (χ3v) is 7.47. The molecule has 1 N–H and O–H groups in total. The highest BCUT2D eigenvalue weighted by molar-refractivity contribution is 7.91. The molecule has 0 radical (unpaired) electrons. The maximum absolute atomic E-state index is 12.2. The highest BCUT2D eigenvalue weighted by Crippen LogP contribution is 2.21. The number of nitrogens with zero attached hydrogens (tertiary/aromatic N) is 2. The highest BCUT2D eigenvalue weighted by atomic mass is 35.5. The van der Waals surface area contributed by atoms with Gasteiger partial charge in [0.2, 0.25) is 10.0 Å². The number of rotatable bonds is 6. The van der Waals surface area contributed by atoms with Crippen LogP contribution in [0.5, 0.6) is 0 Å². The zero-order valence-corrected chi connectivity index (χ0v) is 16.5. The van der Waals surface area contributed by atoms with Gasteiger partial charge in [0.15, 0.2) is 0 Å². The number of halogens is 1. The Hall–Kier alpha value is -1.12. The number of hydrogen-bond donors (Lipinski definition) is 1. The van der Waals surface area contributed by atoms with E-state index >= 15 is 0 Å². The molecule has 0 bridgehead atoms. The largest absolute Gasteiger partial charge is 0.369 e. The van der Waals surface area contributed by atoms with Gasteiger partial charge in [-0.25, -0.2) is 13.1 Å². The molecule has 25 heavy (non-hydrogen) atoms. The molecule has 3 rings (SSSR count). The van der Waals surface area contributed by atoms with Crippen molar-refractivity contribution in [1.29, 1.82) is 0 Å². The summed E-state index contributed by atoms with van der Waals surface area (Å²) in [6, 6.07) is 11.4. The molecule has 1 fully saturated rings. The van der Waals surface area contributed by atoms with Gasteiger partial charge in [0.25, 0.3) is 0 Å². The molecule has 8 heteroatoms. The van der Waals surface area contributed by atoms with Crippen LogP contribution >= 0.6 is 22.9 Å². The first-order chi connectivity index (χ1) is 11.9. The molecular formula is C17H22ClN3O2S2. The molecule has 1 aliphatic heterocycles. The lowest BCUT2D eigenvalue weighted by atomic mass is 10.2. The Kier molecular flexibility index (Phi) is 6.01. The van der Waals surface area contributed by atoms with Crippen molar-refractivity contribution in [1.82, 2.24) is 9.62 Å². The zero-order chi connectivity index (χ0) is 17.9. The second kappa shape index (κ2) is 8.05. The lowest BCUT2D eigenvalue weighted by Crippen LogP contribution is -2.48. The van der Waals surface area contributed by atoms with Crippen LogP contribution in [-0.4, -0.2) is 52.6 Å². The molecular weight excluding hydrogens is 378 g/mol. The van der Waals surface area contributed by atoms with E-state index in [1.807, 2.05) is 37.3 Å². The third kappa shape index (κ3) is 4.95. The van der Waals surface area contributed by atoms with Crippen LogP contribution in [0.2, 0.25) is 5.02 Å². The summed E-state index contributed by atoms with van der Waals surface area (Å²) in [7, 11) is -3.38. The SMILES string of the molecule is Cc1ccc(S(=O)(=O)NCCN2CCN(c3ccc(Cl)cc3)CC2)s1. The molecule has 0 amide bonds. The van der Waals surface area contributed by atoms with Gasteiger partial charge in [-0.05, 0) is 43.3 Å². The minimum Gasteiger partial charge on any atom is -0.369 e. The first kappa shape index (κ1) is 18.7. The van der Waals surface area contributed by atoms with Gasteiger partial charge in [-0.2, -0.15) is 0 Å². The van der Waals surface area contributed by atoms with Crippen LogP contribution in [0, 0.1) is 6.92 Å². The topological polar surface area (TPSA) is 52.7 Å². The fourth-order valence-corrected chi connectivity index (χ4v) is 5.32. The molecule has 0 atom stereocenters. The van der Waals surface area contributed by atoms with Gasteiger partial charge in [0.1, 0.15) is 4.21 Å². The van der Waals surface area contributed by atoms with E-state index < -0.39 is 10.0 Å². The molecule has 1 saturated heterocycles. The maximum atomic E-state index is 12.2. The summed E-state index contributed by atoms with van der Waals surface area (Å²) in [6.07, 6.45) is 0. The Labute approximate surface area is 158 Å². The van der Waals surface area contributed by atoms with Gasteiger partial charge in [-0.3, -0.25) is 4.90 Å². The number of thiophene rings is 1. The number of nitrogens with one attached hydrogen (secondary N) is 1. The number of sulfonamides is 1. The number of piperazine rings is 1. The molecule has 1 aromatic carbocycles. The van der Waals surface area contributed by atoms with E-state index in [9.17, 15) is 8.42 Å². The van der Waals surface area contributed by atoms with Gasteiger partial charge in [-0.15, -0.1) is 11.3 Å². The standard InChI is InChI=1S/C17H22ClN3O2S2/c1-14-2-7-17(24-14)25(22,23)19-8-9-20-10-12-21(13-11-20)16-5-3-15(18)4-6-16/h2-7,19H,8-13H2,1H3. The molecule has 0 unspecified atom stereocenters. The van der Waals surface area contributed by atoms with Gasteiger partial charge in [0, 0.05) is 54.9 Å². The lowest BCUT2D eigenvalue weighted by molar-refractivity contribution is 0.262. The van der Waals surface area contributed by atoms with Crippen molar-refractivity contribution in [2.75, 3.05) is 44.2 Å². The molecule has 1 aromatic heterocycles. The summed E-state index contributed by atoms with van der Waals surface area (Å²) >= 11 is 7.23. The van der Waals surface area contributed by atoms with Gasteiger partial charge in [-0.1, -0.05) is 11.6 Å². The normalized spacial score (nSPS) is 16.3. The second-order valence-electron chi connectivity index (χ2n) is 6.07. The summed E-state index contributed by atoms with van der Waals surface area (Å²) in [4.78, 5) is 5.61. The molecule has 0 saturated carbocycles. The molecule has 1 aliphatic rings. The van der Waals surface area contributed by atoms with Crippen LogP contribution in [0.25, 0.3) is 0 Å². The Bertz CT molecular complexity index is 798. The number of anilines is 1. The third-order valence-electron chi connectivity index (χ3n) is 4.26. The minimum absolute atomic E-state index is 0.387. The van der Waals surface area contributed by atoms with Crippen LogP contribution in [0.3, 0.4) is 0 Å². The van der Waals surface area contributed by atoms with E-state index in [1.165, 1.54) is 17.0 Å². The van der Waals surface area contributed by atoms with Crippen molar-refractivity contribution < 1.29 is 8.42 Å². The Balaban J connectivity index is 1.44. The van der Waals surface area contributed by atoms with E-state index in [4.69, 9.17) is 11.6 Å². The smallest absolute Gasteiger partial charge is 0.250 e. The predicted molar refractivity (Wildman–Crippen MR) is 104 cm³/mol. The van der Waals surface area contributed by atoms with Crippen molar-refractivity contribution in [2.45, 2.75) is 11.1 Å². The van der Waals surface area contributed by atoms with Gasteiger partial charge in [0.05, 0.1) is 0 Å². The monoisotopic (exact) mass is 399 g/mol. The first-order valence-corrected chi connectivity index (χ1v) is 10.9. The fourth-order valence-electron chi connectivity index (χ4n) is 2.85. The second-order valence-corrected chi connectivity index (χ2v) is 9.79. The number of benzene rings is 1. The Morgan fingerprint density at radius 1 is 1.08 bits per heavy atom. The quantitative estimate of drug-likeness (QED) is 0.811. The van der Waals surface area contributed by atoms with Gasteiger partial charge >= 0.3 is 0 Å². The van der Waals surface area contributed by atoms with Crippen LogP contribution in [-0.2, 0) is 10.0 Å². The molecule has 136 valence electrons. The number of hydrogen-bond acceptors (Lipinski definition) is 5. The Morgan fingerprint density at radius 3 is 2.36 bits per heavy atom. The van der Waals surface area contributed by atoms with Crippen molar-refractivity contribution in [3.63, 3.8) is 0 Å². The van der Waals surface area contributed by atoms with E-state index in [0.29, 0.717) is 10.8 Å². The summed E-state index contributed by atoms with van der Waals surface area (Å²) in [5, 5.41) is 0.746. The summed E-state index contributed by atoms with van der Waals surface area (Å²) in [6.45, 7) is 6.75. The van der Waals surface area contributed by atoms with Crippen LogP contribution in [0.4, 0.5) is 5.69 Å². The van der Waals surface area contributed by atoms with Crippen LogP contribution in [0.1, 0.15) is 4.88 Å². The van der Waals surface area contributed by atoms with Crippen LogP contribution in [0.15, 0.2) is 40.6 Å². The van der Waals surface area contributed by atoms with Crippen molar-refractivity contribution in [3.05, 3.63) is 46.3 Å². The van der Waals surface area contributed by atoms with E-state index in [0.717, 1.165) is 42.6 Å². The average molecular weight is 400 g/mol. The molecule has 5 nitrogen and oxygen atoms in total. The molecule has 0 aliphatic carbocycles. The predicted octanol–water partition coefficient (Wildman–Crippen LogP) is 2.81. The maximum Gasteiger partial charge on any atom is 0.250 e. The number of aryl methyl sites for hydroxylation is 1. The molecule has 2 heterocycles. The van der Waals surface area contributed by atoms with Crippen molar-refractivity contribution >= 4 is 38.6 Å². The van der Waals surface area contributed by atoms with Crippen molar-refractivity contribution in [3.8, 4) is 0 Å². The fraction of sp³-hybridized carbons (Fsp3) is 0.412. The van der Waals surface area contributed by atoms with E-state index in [2.05, 4.69) is 14.5 Å². The van der Waals surface area contributed by atoms with Gasteiger partial charge < -0.3 is 4.90 Å². The molecule has 0 spiro atoms. The highest BCUT2D eigenvalue weighted by Gasteiger charge is 2.19. The molecule has 2 aromatic rings. The first-order valence-electron chi connectivity index (χ1n) is 8.23. The van der Waals surface area contributed by atoms with Crippen molar-refractivity contribution in [2.24, 2.45) is 0 Å². The van der Waals surface area contributed by atoms with Crippen LogP contribution < -0.4 is 9.62 Å².